The summed E-state index contributed by atoms with van der Waals surface area (Å²) in [5.74, 6) is -3.54. The number of esters is 1. The zero-order chi connectivity index (χ0) is 21.6. The van der Waals surface area contributed by atoms with E-state index in [2.05, 4.69) is 13.8 Å². The molecule has 0 aliphatic carbocycles. The van der Waals surface area contributed by atoms with Crippen LogP contribution in [-0.2, 0) is 19.1 Å². The normalized spacial score (nSPS) is 23.1. The topological polar surface area (TPSA) is 76.1 Å². The van der Waals surface area contributed by atoms with Crippen molar-refractivity contribution in [3.8, 4) is 0 Å². The highest BCUT2D eigenvalue weighted by Gasteiger charge is 2.78. The van der Waals surface area contributed by atoms with E-state index in [1.54, 1.807) is 0 Å². The third-order valence-electron chi connectivity index (χ3n) is 6.08. The van der Waals surface area contributed by atoms with E-state index in [-0.39, 0.29) is 0 Å². The van der Waals surface area contributed by atoms with E-state index in [9.17, 15) is 14.7 Å². The molecular weight excluding hydrogens is 368 g/mol. The maximum Gasteiger partial charge on any atom is 0.380 e. The molecule has 0 aromatic heterocycles. The molecule has 1 fully saturated rings. The van der Waals surface area contributed by atoms with Crippen LogP contribution < -0.4 is 0 Å². The van der Waals surface area contributed by atoms with Crippen LogP contribution >= 0.6 is 0 Å². The second-order valence-corrected chi connectivity index (χ2v) is 8.71. The quantitative estimate of drug-likeness (QED) is 0.144. The number of carbonyl (C=O) groups is 2. The number of hydrogen-bond donors (Lipinski definition) is 1. The molecule has 0 radical (unpaired) electrons. The summed E-state index contributed by atoms with van der Waals surface area (Å²) in [6.45, 7) is 5.56. The van der Waals surface area contributed by atoms with Crippen molar-refractivity contribution >= 4 is 11.9 Å². The van der Waals surface area contributed by atoms with Crippen LogP contribution in [0.2, 0.25) is 0 Å². The predicted octanol–water partition coefficient (Wildman–Crippen LogP) is 6.77. The molecule has 0 aromatic rings. The highest BCUT2D eigenvalue weighted by atomic mass is 16.8. The number of carboxylic acid groups (broad SMARTS) is 1. The van der Waals surface area contributed by atoms with E-state index in [0.717, 1.165) is 25.7 Å². The monoisotopic (exact) mass is 412 g/mol. The molecule has 29 heavy (non-hydrogen) atoms. The summed E-state index contributed by atoms with van der Waals surface area (Å²) in [5.41, 5.74) is -0.835. The van der Waals surface area contributed by atoms with Gasteiger partial charge in [-0.1, -0.05) is 110 Å². The summed E-state index contributed by atoms with van der Waals surface area (Å²) in [6, 6.07) is 0. The summed E-state index contributed by atoms with van der Waals surface area (Å²) in [4.78, 5) is 23.1. The van der Waals surface area contributed by atoms with Crippen molar-refractivity contribution in [3.05, 3.63) is 0 Å². The van der Waals surface area contributed by atoms with Crippen molar-refractivity contribution in [1.29, 1.82) is 0 Å². The highest BCUT2D eigenvalue weighted by Crippen LogP contribution is 2.55. The van der Waals surface area contributed by atoms with Gasteiger partial charge in [-0.2, -0.15) is 0 Å². The van der Waals surface area contributed by atoms with Crippen LogP contribution in [0.1, 0.15) is 130 Å². The van der Waals surface area contributed by atoms with Crippen molar-refractivity contribution in [2.45, 2.75) is 141 Å². The fourth-order valence-electron chi connectivity index (χ4n) is 4.29. The molecule has 1 rings (SSSR count). The number of carboxylic acids is 1. The summed E-state index contributed by atoms with van der Waals surface area (Å²) in [6.07, 6.45) is 19.7. The maximum absolute atomic E-state index is 11.7. The molecule has 2 unspecified atom stereocenters. The molecule has 1 heterocycles. The summed E-state index contributed by atoms with van der Waals surface area (Å²) in [7, 11) is 0. The van der Waals surface area contributed by atoms with Crippen LogP contribution in [0.5, 0.6) is 0 Å². The molecule has 0 spiro atoms. The van der Waals surface area contributed by atoms with E-state index in [1.807, 2.05) is 0 Å². The number of ether oxygens (including phenoxy) is 2. The summed E-state index contributed by atoms with van der Waals surface area (Å²) < 4.78 is 10.8. The molecule has 1 aliphatic rings. The Bertz CT molecular complexity index is 478. The van der Waals surface area contributed by atoms with Crippen LogP contribution in [0.25, 0.3) is 0 Å². The van der Waals surface area contributed by atoms with E-state index in [4.69, 9.17) is 9.47 Å². The van der Waals surface area contributed by atoms with Gasteiger partial charge in [0.1, 0.15) is 0 Å². The lowest BCUT2D eigenvalue weighted by atomic mass is 9.89. The lowest BCUT2D eigenvalue weighted by molar-refractivity contribution is -0.176. The average molecular weight is 413 g/mol. The maximum atomic E-state index is 11.7. The van der Waals surface area contributed by atoms with E-state index < -0.39 is 23.3 Å². The smallest absolute Gasteiger partial charge is 0.380 e. The molecule has 5 heteroatoms. The summed E-state index contributed by atoms with van der Waals surface area (Å²) in [5, 5.41) is 9.59. The van der Waals surface area contributed by atoms with E-state index in [1.165, 1.54) is 77.6 Å². The highest BCUT2D eigenvalue weighted by molar-refractivity contribution is 5.84. The Morgan fingerprint density at radius 2 is 1.14 bits per heavy atom. The van der Waals surface area contributed by atoms with Crippen molar-refractivity contribution in [3.63, 3.8) is 0 Å². The Morgan fingerprint density at radius 3 is 1.55 bits per heavy atom. The number of epoxide rings is 1. The third-order valence-corrected chi connectivity index (χ3v) is 6.08. The molecule has 1 N–H and O–H groups in total. The first kappa shape index (κ1) is 25.9. The van der Waals surface area contributed by atoms with Crippen LogP contribution in [0, 0.1) is 0 Å². The fraction of sp³-hybridized carbons (Fsp3) is 0.917. The fourth-order valence-corrected chi connectivity index (χ4v) is 4.29. The zero-order valence-corrected chi connectivity index (χ0v) is 19.1. The first-order valence-corrected chi connectivity index (χ1v) is 12.1. The van der Waals surface area contributed by atoms with Crippen molar-refractivity contribution in [2.75, 3.05) is 0 Å². The first-order valence-electron chi connectivity index (χ1n) is 12.1. The van der Waals surface area contributed by atoms with Crippen molar-refractivity contribution < 1.29 is 24.2 Å². The molecule has 1 saturated heterocycles. The van der Waals surface area contributed by atoms with Gasteiger partial charge < -0.3 is 14.6 Å². The van der Waals surface area contributed by atoms with Crippen LogP contribution in [0.4, 0.5) is 0 Å². The summed E-state index contributed by atoms with van der Waals surface area (Å²) >= 11 is 0. The van der Waals surface area contributed by atoms with E-state index in [0.29, 0.717) is 12.8 Å². The molecule has 0 aromatic carbocycles. The Balaban J connectivity index is 2.19. The second kappa shape index (κ2) is 14.0. The second-order valence-electron chi connectivity index (χ2n) is 8.71. The molecule has 2 atom stereocenters. The van der Waals surface area contributed by atoms with Crippen LogP contribution in [-0.4, -0.2) is 28.4 Å². The Hall–Kier alpha value is -1.10. The molecule has 1 aliphatic heterocycles. The number of rotatable bonds is 19. The van der Waals surface area contributed by atoms with Gasteiger partial charge in [-0.05, 0) is 12.8 Å². The molecule has 170 valence electrons. The van der Waals surface area contributed by atoms with Crippen molar-refractivity contribution in [2.24, 2.45) is 0 Å². The van der Waals surface area contributed by atoms with Crippen molar-refractivity contribution in [1.82, 2.24) is 0 Å². The SMILES string of the molecule is CCCCCCCCCCCCCCCC1(CCCC)OC1(OC(C)=O)C(=O)O. The number of aliphatic carboxylic acids is 1. The Labute approximate surface area is 177 Å². The lowest BCUT2D eigenvalue weighted by Gasteiger charge is -2.16. The first-order chi connectivity index (χ1) is 13.9. The van der Waals surface area contributed by atoms with E-state index >= 15 is 0 Å². The minimum absolute atomic E-state index is 0.601. The molecule has 5 nitrogen and oxygen atoms in total. The Morgan fingerprint density at radius 1 is 0.724 bits per heavy atom. The zero-order valence-electron chi connectivity index (χ0n) is 19.1. The van der Waals surface area contributed by atoms with Gasteiger partial charge in [0.2, 0.25) is 0 Å². The van der Waals surface area contributed by atoms with Crippen LogP contribution in [0.15, 0.2) is 0 Å². The van der Waals surface area contributed by atoms with Gasteiger partial charge in [0, 0.05) is 6.92 Å². The van der Waals surface area contributed by atoms with Gasteiger partial charge in [0.25, 0.3) is 0 Å². The molecule has 0 saturated carbocycles. The van der Waals surface area contributed by atoms with Crippen LogP contribution in [0.3, 0.4) is 0 Å². The number of hydrogen-bond acceptors (Lipinski definition) is 4. The Kier molecular flexibility index (Phi) is 12.5. The van der Waals surface area contributed by atoms with Gasteiger partial charge in [0.05, 0.1) is 0 Å². The molecule has 0 bridgehead atoms. The minimum Gasteiger partial charge on any atom is -0.476 e. The van der Waals surface area contributed by atoms with Gasteiger partial charge in [0.15, 0.2) is 5.60 Å². The number of carbonyl (C=O) groups excluding carboxylic acids is 1. The molecular formula is C24H44O5. The van der Waals surface area contributed by atoms with Gasteiger partial charge in [-0.3, -0.25) is 4.79 Å². The molecule has 0 amide bonds. The number of unbranched alkanes of at least 4 members (excludes halogenated alkanes) is 13. The van der Waals surface area contributed by atoms with Gasteiger partial charge in [-0.15, -0.1) is 0 Å². The average Bonchev–Trinajstić information content (AvgIpc) is 3.31. The largest absolute Gasteiger partial charge is 0.476 e. The standard InChI is InChI=1S/C24H44O5/c1-4-6-8-9-10-11-12-13-14-15-16-17-18-20-23(19-7-5-2)24(29-23,22(26)27)28-21(3)25/h4-20H2,1-3H3,(H,26,27). The lowest BCUT2D eigenvalue weighted by Crippen LogP contribution is -2.38. The minimum atomic E-state index is -1.76. The third kappa shape index (κ3) is 8.65. The predicted molar refractivity (Wildman–Crippen MR) is 116 cm³/mol. The van der Waals surface area contributed by atoms with Gasteiger partial charge >= 0.3 is 17.7 Å². The van der Waals surface area contributed by atoms with Gasteiger partial charge in [-0.25, -0.2) is 4.79 Å².